The van der Waals surface area contributed by atoms with Gasteiger partial charge in [-0.05, 0) is 47.2 Å². The Kier molecular flexibility index (Phi) is 3.62. The van der Waals surface area contributed by atoms with Crippen molar-refractivity contribution >= 4 is 15.9 Å². The van der Waals surface area contributed by atoms with Crippen molar-refractivity contribution in [3.8, 4) is 5.88 Å². The highest BCUT2D eigenvalue weighted by Gasteiger charge is 2.22. The molecular weight excluding hydrogens is 254 g/mol. The van der Waals surface area contributed by atoms with Crippen molar-refractivity contribution in [2.75, 3.05) is 0 Å². The first-order chi connectivity index (χ1) is 7.25. The smallest absolute Gasteiger partial charge is 0.213 e. The van der Waals surface area contributed by atoms with Crippen LogP contribution in [-0.4, -0.2) is 11.1 Å². The van der Waals surface area contributed by atoms with Gasteiger partial charge >= 0.3 is 0 Å². The standard InChI is InChI=1S/C12H16BrNO/c1-9-4-2-3-5-11(9)15-12-7-6-10(13)8-14-12/h6-9,11H,2-5H2,1H3. The second-order valence-electron chi connectivity index (χ2n) is 4.23. The van der Waals surface area contributed by atoms with E-state index in [4.69, 9.17) is 4.74 Å². The predicted octanol–water partition coefficient (Wildman–Crippen LogP) is 3.80. The van der Waals surface area contributed by atoms with Crippen LogP contribution in [0.25, 0.3) is 0 Å². The lowest BCUT2D eigenvalue weighted by atomic mass is 9.88. The molecule has 2 rings (SSSR count). The van der Waals surface area contributed by atoms with Crippen molar-refractivity contribution < 1.29 is 4.74 Å². The molecule has 2 atom stereocenters. The first-order valence-corrected chi connectivity index (χ1v) is 6.33. The van der Waals surface area contributed by atoms with E-state index >= 15 is 0 Å². The van der Waals surface area contributed by atoms with Gasteiger partial charge in [-0.25, -0.2) is 4.98 Å². The van der Waals surface area contributed by atoms with Crippen molar-refractivity contribution in [1.29, 1.82) is 0 Å². The molecule has 82 valence electrons. The summed E-state index contributed by atoms with van der Waals surface area (Å²) in [5.74, 6) is 1.40. The Labute approximate surface area is 99.2 Å². The van der Waals surface area contributed by atoms with E-state index in [1.807, 2.05) is 12.1 Å². The molecule has 1 aromatic rings. The van der Waals surface area contributed by atoms with Gasteiger partial charge in [0.05, 0.1) is 0 Å². The van der Waals surface area contributed by atoms with Crippen molar-refractivity contribution in [1.82, 2.24) is 4.98 Å². The van der Waals surface area contributed by atoms with Gasteiger partial charge in [-0.1, -0.05) is 13.3 Å². The van der Waals surface area contributed by atoms with Crippen molar-refractivity contribution in [3.63, 3.8) is 0 Å². The van der Waals surface area contributed by atoms with Crippen LogP contribution in [-0.2, 0) is 0 Å². The van der Waals surface area contributed by atoms with E-state index in [1.165, 1.54) is 25.7 Å². The minimum atomic E-state index is 0.354. The molecule has 0 N–H and O–H groups in total. The molecule has 15 heavy (non-hydrogen) atoms. The van der Waals surface area contributed by atoms with Gasteiger partial charge < -0.3 is 4.74 Å². The zero-order valence-electron chi connectivity index (χ0n) is 8.95. The summed E-state index contributed by atoms with van der Waals surface area (Å²) in [6, 6.07) is 3.89. The summed E-state index contributed by atoms with van der Waals surface area (Å²) >= 11 is 3.36. The molecule has 0 spiro atoms. The monoisotopic (exact) mass is 269 g/mol. The van der Waals surface area contributed by atoms with Crippen molar-refractivity contribution in [2.45, 2.75) is 38.7 Å². The van der Waals surface area contributed by atoms with Gasteiger partial charge in [-0.15, -0.1) is 0 Å². The summed E-state index contributed by atoms with van der Waals surface area (Å²) < 4.78 is 6.88. The average molecular weight is 270 g/mol. The van der Waals surface area contributed by atoms with E-state index in [-0.39, 0.29) is 0 Å². The number of aromatic nitrogens is 1. The maximum absolute atomic E-state index is 5.89. The molecule has 1 fully saturated rings. The molecule has 0 aromatic carbocycles. The number of pyridine rings is 1. The van der Waals surface area contributed by atoms with E-state index in [0.717, 1.165) is 10.4 Å². The third-order valence-electron chi connectivity index (χ3n) is 3.01. The topological polar surface area (TPSA) is 22.1 Å². The van der Waals surface area contributed by atoms with Crippen LogP contribution in [0.4, 0.5) is 0 Å². The maximum Gasteiger partial charge on any atom is 0.213 e. The lowest BCUT2D eigenvalue weighted by molar-refractivity contribution is 0.0976. The van der Waals surface area contributed by atoms with E-state index in [9.17, 15) is 0 Å². The fraction of sp³-hybridized carbons (Fsp3) is 0.583. The minimum Gasteiger partial charge on any atom is -0.474 e. The molecule has 1 heterocycles. The third-order valence-corrected chi connectivity index (χ3v) is 3.47. The number of hydrogen-bond donors (Lipinski definition) is 0. The Hall–Kier alpha value is -0.570. The molecule has 0 radical (unpaired) electrons. The largest absolute Gasteiger partial charge is 0.474 e. The summed E-state index contributed by atoms with van der Waals surface area (Å²) in [6.07, 6.45) is 7.20. The van der Waals surface area contributed by atoms with Gasteiger partial charge in [0.2, 0.25) is 5.88 Å². The number of hydrogen-bond acceptors (Lipinski definition) is 2. The SMILES string of the molecule is CC1CCCCC1Oc1ccc(Br)cn1. The molecule has 3 heteroatoms. The van der Waals surface area contributed by atoms with Crippen LogP contribution in [0.2, 0.25) is 0 Å². The summed E-state index contributed by atoms with van der Waals surface area (Å²) in [7, 11) is 0. The van der Waals surface area contributed by atoms with Gasteiger partial charge in [-0.3, -0.25) is 0 Å². The maximum atomic E-state index is 5.89. The second-order valence-corrected chi connectivity index (χ2v) is 5.15. The normalized spacial score (nSPS) is 26.3. The van der Waals surface area contributed by atoms with Gasteiger partial charge in [0.25, 0.3) is 0 Å². The molecule has 2 unspecified atom stereocenters. The van der Waals surface area contributed by atoms with Crippen LogP contribution >= 0.6 is 15.9 Å². The lowest BCUT2D eigenvalue weighted by Crippen LogP contribution is -2.28. The van der Waals surface area contributed by atoms with Gasteiger partial charge in [0.15, 0.2) is 0 Å². The highest BCUT2D eigenvalue weighted by atomic mass is 79.9. The minimum absolute atomic E-state index is 0.354. The molecule has 0 amide bonds. The van der Waals surface area contributed by atoms with Crippen LogP contribution in [0, 0.1) is 5.92 Å². The first-order valence-electron chi connectivity index (χ1n) is 5.54. The van der Waals surface area contributed by atoms with Crippen LogP contribution < -0.4 is 4.74 Å². The molecule has 1 aliphatic rings. The Morgan fingerprint density at radius 1 is 1.33 bits per heavy atom. The van der Waals surface area contributed by atoms with Crippen LogP contribution in [0.15, 0.2) is 22.8 Å². The predicted molar refractivity (Wildman–Crippen MR) is 64.0 cm³/mol. The summed E-state index contributed by atoms with van der Waals surface area (Å²) in [5.41, 5.74) is 0. The second kappa shape index (κ2) is 4.97. The molecule has 2 nitrogen and oxygen atoms in total. The number of rotatable bonds is 2. The quantitative estimate of drug-likeness (QED) is 0.815. The highest BCUT2D eigenvalue weighted by Crippen LogP contribution is 2.27. The molecule has 0 saturated heterocycles. The van der Waals surface area contributed by atoms with Gasteiger partial charge in [0.1, 0.15) is 6.10 Å². The van der Waals surface area contributed by atoms with Crippen LogP contribution in [0.3, 0.4) is 0 Å². The molecule has 1 aliphatic carbocycles. The lowest BCUT2D eigenvalue weighted by Gasteiger charge is -2.28. The van der Waals surface area contributed by atoms with E-state index in [0.29, 0.717) is 12.0 Å². The molecule has 1 aromatic heterocycles. The van der Waals surface area contributed by atoms with E-state index < -0.39 is 0 Å². The fourth-order valence-electron chi connectivity index (χ4n) is 2.04. The first kappa shape index (κ1) is 10.9. The van der Waals surface area contributed by atoms with Crippen molar-refractivity contribution in [3.05, 3.63) is 22.8 Å². The van der Waals surface area contributed by atoms with E-state index in [1.54, 1.807) is 6.20 Å². The highest BCUT2D eigenvalue weighted by molar-refractivity contribution is 9.10. The number of nitrogens with zero attached hydrogens (tertiary/aromatic N) is 1. The van der Waals surface area contributed by atoms with Gasteiger partial charge in [-0.2, -0.15) is 0 Å². The molecular formula is C12H16BrNO. The summed E-state index contributed by atoms with van der Waals surface area (Å²) in [6.45, 7) is 2.27. The van der Waals surface area contributed by atoms with E-state index in [2.05, 4.69) is 27.8 Å². The molecule has 0 aliphatic heterocycles. The Morgan fingerprint density at radius 2 is 2.13 bits per heavy atom. The number of halogens is 1. The van der Waals surface area contributed by atoms with Crippen LogP contribution in [0.5, 0.6) is 5.88 Å². The number of ether oxygens (including phenoxy) is 1. The van der Waals surface area contributed by atoms with Crippen LogP contribution in [0.1, 0.15) is 32.6 Å². The average Bonchev–Trinajstić information content (AvgIpc) is 2.25. The zero-order chi connectivity index (χ0) is 10.7. The Morgan fingerprint density at radius 3 is 2.80 bits per heavy atom. The summed E-state index contributed by atoms with van der Waals surface area (Å²) in [5, 5.41) is 0. The fourth-order valence-corrected chi connectivity index (χ4v) is 2.28. The van der Waals surface area contributed by atoms with Crippen molar-refractivity contribution in [2.24, 2.45) is 5.92 Å². The molecule has 1 saturated carbocycles. The molecule has 0 bridgehead atoms. The summed E-state index contributed by atoms with van der Waals surface area (Å²) in [4.78, 5) is 4.24. The third kappa shape index (κ3) is 2.94. The Bertz CT molecular complexity index is 312. The van der Waals surface area contributed by atoms with Gasteiger partial charge in [0, 0.05) is 16.7 Å². The Balaban J connectivity index is 1.98. The zero-order valence-corrected chi connectivity index (χ0v) is 10.5.